The van der Waals surface area contributed by atoms with Crippen molar-refractivity contribution in [2.75, 3.05) is 6.54 Å². The Morgan fingerprint density at radius 3 is 2.81 bits per heavy atom. The average Bonchev–Trinajstić information content (AvgIpc) is 2.35. The molecule has 0 aliphatic rings. The second kappa shape index (κ2) is 6.35. The lowest BCUT2D eigenvalue weighted by molar-refractivity contribution is 0.0244. The van der Waals surface area contributed by atoms with Crippen LogP contribution in [-0.2, 0) is 5.88 Å². The van der Waals surface area contributed by atoms with Crippen molar-refractivity contribution < 1.29 is 10.2 Å². The predicted molar refractivity (Wildman–Crippen MR) is 61.0 cm³/mol. The molecule has 2 atom stereocenters. The quantitative estimate of drug-likeness (QED) is 0.358. The summed E-state index contributed by atoms with van der Waals surface area (Å²) >= 11 is 5.66. The zero-order chi connectivity index (χ0) is 12.0. The summed E-state index contributed by atoms with van der Waals surface area (Å²) in [5.74, 6) is 0.340. The Balaban J connectivity index is 2.78. The molecular formula is C10H12ClN3O2. The molecule has 0 spiro atoms. The number of aliphatic hydroxyl groups excluding tert-OH is 2. The number of halogens is 1. The number of alkyl halides is 1. The van der Waals surface area contributed by atoms with Gasteiger partial charge >= 0.3 is 0 Å². The Labute approximate surface area is 97.9 Å². The van der Waals surface area contributed by atoms with E-state index in [1.165, 1.54) is 0 Å². The van der Waals surface area contributed by atoms with Gasteiger partial charge in [-0.05, 0) is 16.7 Å². The average molecular weight is 242 g/mol. The van der Waals surface area contributed by atoms with Crippen LogP contribution in [-0.4, -0.2) is 22.9 Å². The summed E-state index contributed by atoms with van der Waals surface area (Å²) < 4.78 is 0. The second-order valence-electron chi connectivity index (χ2n) is 3.30. The molecule has 16 heavy (non-hydrogen) atoms. The highest BCUT2D eigenvalue weighted by molar-refractivity contribution is 6.17. The van der Waals surface area contributed by atoms with Crippen LogP contribution in [0.5, 0.6) is 0 Å². The number of benzene rings is 1. The van der Waals surface area contributed by atoms with Crippen LogP contribution in [0.25, 0.3) is 10.4 Å². The topological polar surface area (TPSA) is 89.2 Å². The second-order valence-corrected chi connectivity index (χ2v) is 3.57. The largest absolute Gasteiger partial charge is 0.390 e. The van der Waals surface area contributed by atoms with Crippen LogP contribution in [0.15, 0.2) is 29.4 Å². The van der Waals surface area contributed by atoms with Gasteiger partial charge in [-0.3, -0.25) is 0 Å². The van der Waals surface area contributed by atoms with Crippen molar-refractivity contribution in [2.24, 2.45) is 5.11 Å². The lowest BCUT2D eigenvalue weighted by Crippen LogP contribution is -2.21. The van der Waals surface area contributed by atoms with Gasteiger partial charge in [-0.2, -0.15) is 0 Å². The van der Waals surface area contributed by atoms with E-state index < -0.39 is 12.2 Å². The van der Waals surface area contributed by atoms with Crippen LogP contribution >= 0.6 is 11.6 Å². The molecule has 0 aliphatic heterocycles. The van der Waals surface area contributed by atoms with Crippen molar-refractivity contribution >= 4 is 11.6 Å². The van der Waals surface area contributed by atoms with Crippen LogP contribution < -0.4 is 0 Å². The van der Waals surface area contributed by atoms with Crippen LogP contribution in [0.2, 0.25) is 0 Å². The third-order valence-electron chi connectivity index (χ3n) is 2.14. The van der Waals surface area contributed by atoms with E-state index in [-0.39, 0.29) is 6.54 Å². The normalized spacial score (nSPS) is 13.9. The van der Waals surface area contributed by atoms with Gasteiger partial charge in [-0.25, -0.2) is 0 Å². The minimum atomic E-state index is -1.11. The molecule has 1 aromatic rings. The van der Waals surface area contributed by atoms with Crippen LogP contribution in [0.3, 0.4) is 0 Å². The first-order valence-corrected chi connectivity index (χ1v) is 5.24. The van der Waals surface area contributed by atoms with Crippen molar-refractivity contribution in [1.29, 1.82) is 0 Å². The molecule has 1 rings (SSSR count). The van der Waals surface area contributed by atoms with Crippen LogP contribution in [0, 0.1) is 0 Å². The fraction of sp³-hybridized carbons (Fsp3) is 0.400. The molecule has 0 bridgehead atoms. The van der Waals surface area contributed by atoms with Gasteiger partial charge in [0, 0.05) is 10.8 Å². The first-order chi connectivity index (χ1) is 7.69. The summed E-state index contributed by atoms with van der Waals surface area (Å²) in [6.07, 6.45) is -2.19. The van der Waals surface area contributed by atoms with E-state index in [4.69, 9.17) is 17.1 Å². The summed E-state index contributed by atoms with van der Waals surface area (Å²) in [5, 5.41) is 22.5. The lowest BCUT2D eigenvalue weighted by atomic mass is 10.0. The Kier molecular flexibility index (Phi) is 5.08. The molecule has 6 heteroatoms. The molecule has 1 aromatic carbocycles. The van der Waals surface area contributed by atoms with Crippen molar-refractivity contribution in [2.45, 2.75) is 18.1 Å². The maximum absolute atomic E-state index is 9.76. The van der Waals surface area contributed by atoms with Crippen molar-refractivity contribution in [3.05, 3.63) is 45.8 Å². The standard InChI is InChI=1S/C10H12ClN3O2/c11-5-7-2-1-3-8(4-7)10(16)9(15)6-13-14-12/h1-4,9-10,15-16H,5-6H2. The van der Waals surface area contributed by atoms with E-state index >= 15 is 0 Å². The molecule has 0 radical (unpaired) electrons. The van der Waals surface area contributed by atoms with E-state index in [2.05, 4.69) is 10.0 Å². The predicted octanol–water partition coefficient (Wildman–Crippen LogP) is 2.13. The molecule has 0 aromatic heterocycles. The Morgan fingerprint density at radius 2 is 2.19 bits per heavy atom. The van der Waals surface area contributed by atoms with E-state index in [1.54, 1.807) is 18.2 Å². The highest BCUT2D eigenvalue weighted by Gasteiger charge is 2.17. The Morgan fingerprint density at radius 1 is 1.44 bits per heavy atom. The monoisotopic (exact) mass is 241 g/mol. The van der Waals surface area contributed by atoms with Gasteiger partial charge in [-0.1, -0.05) is 29.4 Å². The van der Waals surface area contributed by atoms with Gasteiger partial charge in [0.1, 0.15) is 6.10 Å². The van der Waals surface area contributed by atoms with Gasteiger partial charge in [0.05, 0.1) is 12.6 Å². The fourth-order valence-corrected chi connectivity index (χ4v) is 1.47. The number of azide groups is 1. The van der Waals surface area contributed by atoms with E-state index in [1.807, 2.05) is 6.07 Å². The molecule has 5 nitrogen and oxygen atoms in total. The summed E-state index contributed by atoms with van der Waals surface area (Å²) in [6, 6.07) is 6.95. The molecule has 0 heterocycles. The fourth-order valence-electron chi connectivity index (χ4n) is 1.30. The minimum absolute atomic E-state index is 0.164. The summed E-state index contributed by atoms with van der Waals surface area (Å²) in [5.41, 5.74) is 9.51. The van der Waals surface area contributed by atoms with Gasteiger partial charge in [-0.15, -0.1) is 11.6 Å². The molecular weight excluding hydrogens is 230 g/mol. The number of hydrogen-bond donors (Lipinski definition) is 2. The molecule has 86 valence electrons. The van der Waals surface area contributed by atoms with Crippen LogP contribution in [0.4, 0.5) is 0 Å². The van der Waals surface area contributed by atoms with Gasteiger partial charge < -0.3 is 10.2 Å². The van der Waals surface area contributed by atoms with Crippen molar-refractivity contribution in [1.82, 2.24) is 0 Å². The van der Waals surface area contributed by atoms with E-state index in [9.17, 15) is 10.2 Å². The molecule has 0 saturated carbocycles. The van der Waals surface area contributed by atoms with Crippen LogP contribution in [0.1, 0.15) is 17.2 Å². The zero-order valence-corrected chi connectivity index (χ0v) is 9.25. The molecule has 2 N–H and O–H groups in total. The summed E-state index contributed by atoms with van der Waals surface area (Å²) in [6.45, 7) is -0.164. The lowest BCUT2D eigenvalue weighted by Gasteiger charge is -2.16. The third kappa shape index (κ3) is 3.40. The number of rotatable bonds is 5. The first-order valence-electron chi connectivity index (χ1n) is 4.71. The van der Waals surface area contributed by atoms with Gasteiger partial charge in [0.25, 0.3) is 0 Å². The summed E-state index contributed by atoms with van der Waals surface area (Å²) in [7, 11) is 0. The molecule has 2 unspecified atom stereocenters. The van der Waals surface area contributed by atoms with E-state index in [0.717, 1.165) is 5.56 Å². The number of nitrogens with zero attached hydrogens (tertiary/aromatic N) is 3. The third-order valence-corrected chi connectivity index (χ3v) is 2.45. The zero-order valence-electron chi connectivity index (χ0n) is 8.49. The molecule has 0 saturated heterocycles. The Hall–Kier alpha value is -1.26. The number of hydrogen-bond acceptors (Lipinski definition) is 3. The first kappa shape index (κ1) is 12.8. The maximum atomic E-state index is 9.76. The molecule has 0 fully saturated rings. The minimum Gasteiger partial charge on any atom is -0.390 e. The van der Waals surface area contributed by atoms with Crippen molar-refractivity contribution in [3.8, 4) is 0 Å². The van der Waals surface area contributed by atoms with Gasteiger partial charge in [0.15, 0.2) is 0 Å². The van der Waals surface area contributed by atoms with Crippen molar-refractivity contribution in [3.63, 3.8) is 0 Å². The SMILES string of the molecule is [N-]=[N+]=NCC(O)C(O)c1cccc(CCl)c1. The number of aliphatic hydroxyl groups is 2. The van der Waals surface area contributed by atoms with Gasteiger partial charge in [0.2, 0.25) is 0 Å². The highest BCUT2D eigenvalue weighted by Crippen LogP contribution is 2.19. The highest BCUT2D eigenvalue weighted by atomic mass is 35.5. The summed E-state index contributed by atoms with van der Waals surface area (Å²) in [4.78, 5) is 2.52. The smallest absolute Gasteiger partial charge is 0.105 e. The molecule has 0 aliphatic carbocycles. The maximum Gasteiger partial charge on any atom is 0.105 e. The molecule has 0 amide bonds. The van der Waals surface area contributed by atoms with E-state index in [0.29, 0.717) is 11.4 Å². The Bertz CT molecular complexity index is 393.